The molecule has 1 heterocycles. The summed E-state index contributed by atoms with van der Waals surface area (Å²) in [6.45, 7) is 2.13. The summed E-state index contributed by atoms with van der Waals surface area (Å²) in [7, 11) is 0. The molecule has 1 aliphatic heterocycles. The Hall–Kier alpha value is -2.47. The Morgan fingerprint density at radius 2 is 1.84 bits per heavy atom. The quantitative estimate of drug-likeness (QED) is 0.682. The average Bonchev–Trinajstić information content (AvgIpc) is 3.05. The van der Waals surface area contributed by atoms with E-state index in [0.29, 0.717) is 22.3 Å². The first-order chi connectivity index (χ1) is 12.0. The van der Waals surface area contributed by atoms with Crippen LogP contribution in [0, 0.1) is 11.6 Å². The van der Waals surface area contributed by atoms with Crippen molar-refractivity contribution in [2.45, 2.75) is 19.6 Å². The monoisotopic (exact) mass is 368 g/mol. The average molecular weight is 369 g/mol. The highest BCUT2D eigenvalue weighted by Crippen LogP contribution is 2.32. The van der Waals surface area contributed by atoms with Crippen molar-refractivity contribution in [3.8, 4) is 17.2 Å². The highest BCUT2D eigenvalue weighted by atomic mass is 35.5. The van der Waals surface area contributed by atoms with E-state index in [1.54, 1.807) is 12.1 Å². The molecule has 0 saturated carbocycles. The van der Waals surface area contributed by atoms with E-state index in [-0.39, 0.29) is 18.6 Å². The fourth-order valence-corrected chi connectivity index (χ4v) is 2.34. The summed E-state index contributed by atoms with van der Waals surface area (Å²) in [5, 5.41) is 0.312. The molecule has 2 aromatic carbocycles. The second kappa shape index (κ2) is 7.61. The molecule has 0 amide bonds. The molecule has 0 saturated heterocycles. The van der Waals surface area contributed by atoms with Gasteiger partial charge in [0.05, 0.1) is 5.02 Å². The summed E-state index contributed by atoms with van der Waals surface area (Å²) < 4.78 is 47.9. The zero-order valence-electron chi connectivity index (χ0n) is 13.3. The molecule has 1 atom stereocenters. The highest BCUT2D eigenvalue weighted by Gasteiger charge is 2.18. The maximum absolute atomic E-state index is 13.2. The van der Waals surface area contributed by atoms with Crippen LogP contribution in [0.15, 0.2) is 48.4 Å². The number of hydrogen-bond donors (Lipinski definition) is 0. The number of halogens is 3. The van der Waals surface area contributed by atoms with Gasteiger partial charge in [0.25, 0.3) is 0 Å². The lowest BCUT2D eigenvalue weighted by molar-refractivity contribution is -0.0375. The van der Waals surface area contributed by atoms with Crippen molar-refractivity contribution in [3.05, 3.63) is 65.1 Å². The molecule has 0 N–H and O–H groups in total. The maximum atomic E-state index is 13.2. The lowest BCUT2D eigenvalue weighted by atomic mass is 10.3. The van der Waals surface area contributed by atoms with Crippen molar-refractivity contribution in [1.29, 1.82) is 0 Å². The fourth-order valence-electron chi connectivity index (χ4n) is 2.11. The maximum Gasteiger partial charge on any atom is 0.240 e. The van der Waals surface area contributed by atoms with Crippen molar-refractivity contribution < 1.29 is 27.7 Å². The first-order valence-electron chi connectivity index (χ1n) is 7.61. The standard InChI is InChI=1S/C18H15ClF2O4/c1-2-18-23-10-13(25-18)9-22-17-6-4-11(7-14(17)19)24-12-3-5-15(20)16(21)8-12/h3-8,10,18H,2,9H2,1H3. The third-order valence-corrected chi connectivity index (χ3v) is 3.66. The highest BCUT2D eigenvalue weighted by molar-refractivity contribution is 6.32. The van der Waals surface area contributed by atoms with Gasteiger partial charge in [-0.3, -0.25) is 0 Å². The number of benzene rings is 2. The van der Waals surface area contributed by atoms with Crippen LogP contribution in [0.1, 0.15) is 13.3 Å². The van der Waals surface area contributed by atoms with E-state index in [2.05, 4.69) is 0 Å². The van der Waals surface area contributed by atoms with E-state index in [0.717, 1.165) is 18.6 Å². The van der Waals surface area contributed by atoms with Gasteiger partial charge >= 0.3 is 0 Å². The first kappa shape index (κ1) is 17.4. The molecule has 0 aliphatic carbocycles. The van der Waals surface area contributed by atoms with E-state index in [1.807, 2.05) is 6.92 Å². The van der Waals surface area contributed by atoms with Gasteiger partial charge in [-0.05, 0) is 24.3 Å². The van der Waals surface area contributed by atoms with E-state index in [1.165, 1.54) is 18.4 Å². The summed E-state index contributed by atoms with van der Waals surface area (Å²) in [6.07, 6.45) is 1.97. The van der Waals surface area contributed by atoms with Crippen molar-refractivity contribution in [2.75, 3.05) is 6.61 Å². The molecule has 0 aromatic heterocycles. The topological polar surface area (TPSA) is 36.9 Å². The predicted octanol–water partition coefficient (Wildman–Crippen LogP) is 5.41. The van der Waals surface area contributed by atoms with Gasteiger partial charge in [-0.2, -0.15) is 0 Å². The second-order valence-electron chi connectivity index (χ2n) is 5.23. The minimum absolute atomic E-state index is 0.163. The molecule has 0 fully saturated rings. The molecule has 132 valence electrons. The Kier molecular flexibility index (Phi) is 5.28. The zero-order chi connectivity index (χ0) is 17.8. The van der Waals surface area contributed by atoms with Crippen LogP contribution in [0.25, 0.3) is 0 Å². The summed E-state index contributed by atoms with van der Waals surface area (Å²) in [4.78, 5) is 0. The zero-order valence-corrected chi connectivity index (χ0v) is 14.1. The molecule has 25 heavy (non-hydrogen) atoms. The molecule has 0 spiro atoms. The predicted molar refractivity (Wildman–Crippen MR) is 87.7 cm³/mol. The first-order valence-corrected chi connectivity index (χ1v) is 7.99. The summed E-state index contributed by atoms with van der Waals surface area (Å²) >= 11 is 6.16. The number of hydrogen-bond acceptors (Lipinski definition) is 4. The molecule has 1 aliphatic rings. The van der Waals surface area contributed by atoms with E-state index in [4.69, 9.17) is 30.5 Å². The van der Waals surface area contributed by atoms with Gasteiger partial charge in [-0.25, -0.2) is 8.78 Å². The van der Waals surface area contributed by atoms with Gasteiger partial charge in [-0.15, -0.1) is 0 Å². The fraction of sp³-hybridized carbons (Fsp3) is 0.222. The Morgan fingerprint density at radius 1 is 1.08 bits per heavy atom. The van der Waals surface area contributed by atoms with E-state index in [9.17, 15) is 8.78 Å². The van der Waals surface area contributed by atoms with Crippen molar-refractivity contribution in [3.63, 3.8) is 0 Å². The Labute approximate surface area is 148 Å². The van der Waals surface area contributed by atoms with Gasteiger partial charge in [0.2, 0.25) is 6.29 Å². The molecular formula is C18H15ClF2O4. The van der Waals surface area contributed by atoms with E-state index < -0.39 is 11.6 Å². The van der Waals surface area contributed by atoms with Crippen LogP contribution in [0.2, 0.25) is 5.02 Å². The largest absolute Gasteiger partial charge is 0.484 e. The molecule has 3 rings (SSSR count). The van der Waals surface area contributed by atoms with Crippen LogP contribution in [0.4, 0.5) is 8.78 Å². The van der Waals surface area contributed by atoms with Crippen LogP contribution >= 0.6 is 11.6 Å². The van der Waals surface area contributed by atoms with Crippen LogP contribution in [0.3, 0.4) is 0 Å². The molecular weight excluding hydrogens is 354 g/mol. The summed E-state index contributed by atoms with van der Waals surface area (Å²) in [5.41, 5.74) is 0. The van der Waals surface area contributed by atoms with Gasteiger partial charge in [0.1, 0.15) is 30.1 Å². The van der Waals surface area contributed by atoms with Gasteiger partial charge in [0, 0.05) is 18.6 Å². The summed E-state index contributed by atoms with van der Waals surface area (Å²) in [6, 6.07) is 8.02. The molecule has 4 nitrogen and oxygen atoms in total. The Balaban J connectivity index is 1.61. The van der Waals surface area contributed by atoms with Gasteiger partial charge in [0.15, 0.2) is 17.4 Å². The Bertz CT molecular complexity index is 795. The molecule has 7 heteroatoms. The van der Waals surface area contributed by atoms with Crippen LogP contribution in [-0.4, -0.2) is 12.9 Å². The normalized spacial score (nSPS) is 16.0. The third kappa shape index (κ3) is 4.33. The van der Waals surface area contributed by atoms with Crippen molar-refractivity contribution in [2.24, 2.45) is 0 Å². The molecule has 1 unspecified atom stereocenters. The minimum Gasteiger partial charge on any atom is -0.484 e. The van der Waals surface area contributed by atoms with Crippen LogP contribution in [-0.2, 0) is 9.47 Å². The van der Waals surface area contributed by atoms with Gasteiger partial charge in [-0.1, -0.05) is 18.5 Å². The molecule has 2 aromatic rings. The SMILES string of the molecule is CCC1OC=C(COc2ccc(Oc3ccc(F)c(F)c3)cc2Cl)O1. The van der Waals surface area contributed by atoms with Crippen LogP contribution < -0.4 is 9.47 Å². The lowest BCUT2D eigenvalue weighted by Crippen LogP contribution is -2.09. The lowest BCUT2D eigenvalue weighted by Gasteiger charge is -2.12. The van der Waals surface area contributed by atoms with Crippen molar-refractivity contribution >= 4 is 11.6 Å². The number of rotatable bonds is 6. The summed E-state index contributed by atoms with van der Waals surface area (Å²) in [5.74, 6) is -0.383. The van der Waals surface area contributed by atoms with Crippen molar-refractivity contribution in [1.82, 2.24) is 0 Å². The second-order valence-corrected chi connectivity index (χ2v) is 5.64. The third-order valence-electron chi connectivity index (χ3n) is 3.37. The molecule has 0 bridgehead atoms. The smallest absolute Gasteiger partial charge is 0.240 e. The number of ether oxygens (including phenoxy) is 4. The van der Waals surface area contributed by atoms with E-state index >= 15 is 0 Å². The molecule has 0 radical (unpaired) electrons. The Morgan fingerprint density at radius 3 is 2.52 bits per heavy atom. The van der Waals surface area contributed by atoms with Gasteiger partial charge < -0.3 is 18.9 Å². The minimum atomic E-state index is -0.985. The van der Waals surface area contributed by atoms with Crippen LogP contribution in [0.5, 0.6) is 17.2 Å².